The smallest absolute Gasteiger partial charge is 0.251 e. The molecule has 6 heteroatoms. The van der Waals surface area contributed by atoms with Crippen LogP contribution >= 0.6 is 0 Å². The summed E-state index contributed by atoms with van der Waals surface area (Å²) in [7, 11) is 0. The predicted octanol–water partition coefficient (Wildman–Crippen LogP) is 2.71. The van der Waals surface area contributed by atoms with Gasteiger partial charge in [-0.05, 0) is 25.0 Å². The molecule has 25 heavy (non-hydrogen) atoms. The summed E-state index contributed by atoms with van der Waals surface area (Å²) in [6, 6.07) is 7.40. The Balaban J connectivity index is 1.67. The first kappa shape index (κ1) is 17.6. The predicted molar refractivity (Wildman–Crippen MR) is 96.1 cm³/mol. The van der Waals surface area contributed by atoms with E-state index in [1.165, 1.54) is 6.42 Å². The number of carbonyl (C=O) groups is 1. The summed E-state index contributed by atoms with van der Waals surface area (Å²) in [5.41, 5.74) is 1.51. The molecule has 134 valence electrons. The molecule has 2 aromatic rings. The molecule has 0 saturated heterocycles. The van der Waals surface area contributed by atoms with Crippen LogP contribution in [-0.2, 0) is 6.42 Å². The molecule has 1 aromatic heterocycles. The van der Waals surface area contributed by atoms with Crippen LogP contribution in [0.15, 0.2) is 24.3 Å². The molecular weight excluding hydrogens is 316 g/mol. The summed E-state index contributed by atoms with van der Waals surface area (Å²) in [5.74, 6) is 1.57. The van der Waals surface area contributed by atoms with Gasteiger partial charge in [0.25, 0.3) is 5.91 Å². The summed E-state index contributed by atoms with van der Waals surface area (Å²) in [4.78, 5) is 17.0. The number of nitrogens with zero attached hydrogens (tertiary/aromatic N) is 2. The Labute approximate surface area is 148 Å². The number of aryl methyl sites for hydroxylation is 1. The standard InChI is InChI=1S/C19H26N4O2/c1-2-17-21-18(23-22-17)13-8-10-14(11-9-13)19(25)20-16-7-5-3-4-6-15(16)12-24/h8-11,15-16,24H,2-7,12H2,1H3,(H,20,25)(H,21,22,23). The second-order valence-electron chi connectivity index (χ2n) is 6.70. The van der Waals surface area contributed by atoms with E-state index in [4.69, 9.17) is 0 Å². The van der Waals surface area contributed by atoms with Crippen molar-refractivity contribution in [3.8, 4) is 11.4 Å². The van der Waals surface area contributed by atoms with Gasteiger partial charge in [-0.2, -0.15) is 5.10 Å². The van der Waals surface area contributed by atoms with Crippen LogP contribution in [0.25, 0.3) is 11.4 Å². The number of H-pyrrole nitrogens is 1. The van der Waals surface area contributed by atoms with E-state index in [9.17, 15) is 9.90 Å². The van der Waals surface area contributed by atoms with Gasteiger partial charge in [-0.3, -0.25) is 9.89 Å². The molecule has 1 heterocycles. The largest absolute Gasteiger partial charge is 0.396 e. The third-order valence-electron chi connectivity index (χ3n) is 4.98. The zero-order valence-electron chi connectivity index (χ0n) is 14.7. The fourth-order valence-corrected chi connectivity index (χ4v) is 3.40. The number of hydrogen-bond donors (Lipinski definition) is 3. The van der Waals surface area contributed by atoms with Gasteiger partial charge in [0.2, 0.25) is 0 Å². The molecule has 1 aromatic carbocycles. The van der Waals surface area contributed by atoms with Crippen molar-refractivity contribution in [2.24, 2.45) is 5.92 Å². The lowest BCUT2D eigenvalue weighted by atomic mass is 9.95. The maximum Gasteiger partial charge on any atom is 0.251 e. The van der Waals surface area contributed by atoms with E-state index < -0.39 is 0 Å². The van der Waals surface area contributed by atoms with Crippen molar-refractivity contribution >= 4 is 5.91 Å². The zero-order valence-corrected chi connectivity index (χ0v) is 14.7. The number of aromatic amines is 1. The number of aliphatic hydroxyl groups is 1. The van der Waals surface area contributed by atoms with E-state index >= 15 is 0 Å². The summed E-state index contributed by atoms with van der Waals surface area (Å²) < 4.78 is 0. The highest BCUT2D eigenvalue weighted by molar-refractivity contribution is 5.94. The third kappa shape index (κ3) is 4.25. The average molecular weight is 342 g/mol. The lowest BCUT2D eigenvalue weighted by Gasteiger charge is -2.24. The SMILES string of the molecule is CCc1nc(-c2ccc(C(=O)NC3CCCCCC3CO)cc2)n[nH]1. The highest BCUT2D eigenvalue weighted by Gasteiger charge is 2.24. The summed E-state index contributed by atoms with van der Waals surface area (Å²) in [6.07, 6.45) is 6.12. The molecule has 0 spiro atoms. The number of amides is 1. The summed E-state index contributed by atoms with van der Waals surface area (Å²) >= 11 is 0. The number of nitrogens with one attached hydrogen (secondary N) is 2. The molecular formula is C19H26N4O2. The van der Waals surface area contributed by atoms with Crippen molar-refractivity contribution in [2.75, 3.05) is 6.61 Å². The monoisotopic (exact) mass is 342 g/mol. The van der Waals surface area contributed by atoms with Crippen molar-refractivity contribution in [2.45, 2.75) is 51.5 Å². The molecule has 0 aliphatic heterocycles. The molecule has 1 amide bonds. The number of hydrogen-bond acceptors (Lipinski definition) is 4. The van der Waals surface area contributed by atoms with E-state index in [0.717, 1.165) is 43.5 Å². The van der Waals surface area contributed by atoms with Crippen LogP contribution in [0.4, 0.5) is 0 Å². The van der Waals surface area contributed by atoms with E-state index in [0.29, 0.717) is 11.4 Å². The normalized spacial score (nSPS) is 20.9. The van der Waals surface area contributed by atoms with Gasteiger partial charge in [-0.15, -0.1) is 0 Å². The molecule has 3 rings (SSSR count). The van der Waals surface area contributed by atoms with Gasteiger partial charge >= 0.3 is 0 Å². The minimum Gasteiger partial charge on any atom is -0.396 e. The van der Waals surface area contributed by atoms with Crippen LogP contribution in [0.3, 0.4) is 0 Å². The van der Waals surface area contributed by atoms with Crippen LogP contribution in [0, 0.1) is 5.92 Å². The zero-order chi connectivity index (χ0) is 17.6. The Kier molecular flexibility index (Phi) is 5.81. The molecule has 0 bridgehead atoms. The fourth-order valence-electron chi connectivity index (χ4n) is 3.40. The maximum absolute atomic E-state index is 12.6. The second kappa shape index (κ2) is 8.25. The molecule has 1 saturated carbocycles. The van der Waals surface area contributed by atoms with E-state index in [-0.39, 0.29) is 24.5 Å². The molecule has 3 N–H and O–H groups in total. The first-order valence-corrected chi connectivity index (χ1v) is 9.14. The van der Waals surface area contributed by atoms with Crippen molar-refractivity contribution in [1.29, 1.82) is 0 Å². The minimum absolute atomic E-state index is 0.0554. The number of rotatable bonds is 5. The van der Waals surface area contributed by atoms with Gasteiger partial charge < -0.3 is 10.4 Å². The molecule has 2 unspecified atom stereocenters. The highest BCUT2D eigenvalue weighted by Crippen LogP contribution is 2.24. The number of aromatic nitrogens is 3. The van der Waals surface area contributed by atoms with Crippen LogP contribution in [-0.4, -0.2) is 38.8 Å². The second-order valence-corrected chi connectivity index (χ2v) is 6.70. The highest BCUT2D eigenvalue weighted by atomic mass is 16.3. The van der Waals surface area contributed by atoms with E-state index in [2.05, 4.69) is 20.5 Å². The van der Waals surface area contributed by atoms with Crippen molar-refractivity contribution in [3.63, 3.8) is 0 Å². The van der Waals surface area contributed by atoms with Crippen LogP contribution in [0.2, 0.25) is 0 Å². The Morgan fingerprint density at radius 1 is 1.24 bits per heavy atom. The maximum atomic E-state index is 12.6. The van der Waals surface area contributed by atoms with Crippen molar-refractivity contribution in [3.05, 3.63) is 35.7 Å². The first-order chi connectivity index (χ1) is 12.2. The van der Waals surface area contributed by atoms with Gasteiger partial charge in [0.1, 0.15) is 5.82 Å². The van der Waals surface area contributed by atoms with Gasteiger partial charge in [0.05, 0.1) is 0 Å². The first-order valence-electron chi connectivity index (χ1n) is 9.14. The van der Waals surface area contributed by atoms with Crippen LogP contribution in [0.5, 0.6) is 0 Å². The van der Waals surface area contributed by atoms with Crippen LogP contribution in [0.1, 0.15) is 55.2 Å². The van der Waals surface area contributed by atoms with Gasteiger partial charge in [0, 0.05) is 36.1 Å². The lowest BCUT2D eigenvalue weighted by Crippen LogP contribution is -2.41. The molecule has 0 radical (unpaired) electrons. The molecule has 6 nitrogen and oxygen atoms in total. The quantitative estimate of drug-likeness (QED) is 0.729. The van der Waals surface area contributed by atoms with Gasteiger partial charge in [0.15, 0.2) is 5.82 Å². The Bertz CT molecular complexity index is 696. The fraction of sp³-hybridized carbons (Fsp3) is 0.526. The van der Waals surface area contributed by atoms with Crippen LogP contribution < -0.4 is 5.32 Å². The minimum atomic E-state index is -0.0823. The Morgan fingerprint density at radius 3 is 2.68 bits per heavy atom. The topological polar surface area (TPSA) is 90.9 Å². The summed E-state index contributed by atoms with van der Waals surface area (Å²) in [5, 5.41) is 19.8. The lowest BCUT2D eigenvalue weighted by molar-refractivity contribution is 0.0899. The Morgan fingerprint density at radius 2 is 2.00 bits per heavy atom. The molecule has 2 atom stereocenters. The third-order valence-corrected chi connectivity index (χ3v) is 4.98. The van der Waals surface area contributed by atoms with Crippen molar-refractivity contribution in [1.82, 2.24) is 20.5 Å². The number of benzene rings is 1. The molecule has 1 fully saturated rings. The van der Waals surface area contributed by atoms with E-state index in [1.54, 1.807) is 12.1 Å². The number of aliphatic hydroxyl groups excluding tert-OH is 1. The Hall–Kier alpha value is -2.21. The number of carbonyl (C=O) groups excluding carboxylic acids is 1. The average Bonchev–Trinajstić information content (AvgIpc) is 3.02. The molecule has 1 aliphatic carbocycles. The van der Waals surface area contributed by atoms with Crippen molar-refractivity contribution < 1.29 is 9.90 Å². The molecule has 1 aliphatic rings. The summed E-state index contributed by atoms with van der Waals surface area (Å²) in [6.45, 7) is 2.15. The van der Waals surface area contributed by atoms with Gasteiger partial charge in [-0.1, -0.05) is 38.3 Å². The van der Waals surface area contributed by atoms with Gasteiger partial charge in [-0.25, -0.2) is 4.98 Å². The van der Waals surface area contributed by atoms with E-state index in [1.807, 2.05) is 19.1 Å².